The van der Waals surface area contributed by atoms with Gasteiger partial charge in [-0.2, -0.15) is 5.26 Å². The molecule has 1 aromatic carbocycles. The van der Waals surface area contributed by atoms with Crippen molar-refractivity contribution in [2.45, 2.75) is 0 Å². The number of benzene rings is 1. The van der Waals surface area contributed by atoms with Gasteiger partial charge in [0.05, 0.1) is 26.3 Å². The minimum atomic E-state index is 0.215. The lowest BCUT2D eigenvalue weighted by Crippen LogP contribution is -1.96. The zero-order valence-corrected chi connectivity index (χ0v) is 12.2. The van der Waals surface area contributed by atoms with E-state index in [9.17, 15) is 0 Å². The van der Waals surface area contributed by atoms with Gasteiger partial charge in [-0.25, -0.2) is 4.98 Å². The fraction of sp³-hybridized carbons (Fsp3) is 0. The number of nitriles is 1. The van der Waals surface area contributed by atoms with Crippen molar-refractivity contribution in [2.24, 2.45) is 0 Å². The summed E-state index contributed by atoms with van der Waals surface area (Å²) in [5.41, 5.74) is 0.816. The SMILES string of the molecule is N#Cc1ccnc(Nc2cc(Cl)c(Cl)cc2Cl)c1Cl. The first-order valence-electron chi connectivity index (χ1n) is 4.99. The Bertz CT molecular complexity index is 679. The van der Waals surface area contributed by atoms with Crippen LogP contribution in [-0.2, 0) is 0 Å². The van der Waals surface area contributed by atoms with Crippen LogP contribution in [0.5, 0.6) is 0 Å². The van der Waals surface area contributed by atoms with Crippen molar-refractivity contribution in [2.75, 3.05) is 5.32 Å². The Kier molecular flexibility index (Phi) is 4.38. The molecule has 1 heterocycles. The molecule has 0 fully saturated rings. The Hall–Kier alpha value is -1.18. The van der Waals surface area contributed by atoms with E-state index in [0.29, 0.717) is 32.1 Å². The number of aromatic nitrogens is 1. The Morgan fingerprint density at radius 1 is 1.05 bits per heavy atom. The van der Waals surface area contributed by atoms with Gasteiger partial charge in [-0.05, 0) is 18.2 Å². The molecule has 2 aromatic rings. The van der Waals surface area contributed by atoms with E-state index < -0.39 is 0 Å². The summed E-state index contributed by atoms with van der Waals surface area (Å²) in [6.45, 7) is 0. The van der Waals surface area contributed by atoms with E-state index in [4.69, 9.17) is 51.7 Å². The van der Waals surface area contributed by atoms with Crippen LogP contribution in [0.2, 0.25) is 20.1 Å². The van der Waals surface area contributed by atoms with Crippen LogP contribution in [0, 0.1) is 11.3 Å². The number of hydrogen-bond acceptors (Lipinski definition) is 3. The predicted molar refractivity (Wildman–Crippen MR) is 78.7 cm³/mol. The summed E-state index contributed by atoms with van der Waals surface area (Å²) < 4.78 is 0. The molecule has 0 saturated heterocycles. The molecule has 3 nitrogen and oxygen atoms in total. The average molecular weight is 333 g/mol. The van der Waals surface area contributed by atoms with Gasteiger partial charge >= 0.3 is 0 Å². The van der Waals surface area contributed by atoms with Crippen molar-refractivity contribution in [3.63, 3.8) is 0 Å². The van der Waals surface area contributed by atoms with Crippen molar-refractivity contribution < 1.29 is 0 Å². The topological polar surface area (TPSA) is 48.7 Å². The second-order valence-electron chi connectivity index (χ2n) is 3.50. The molecule has 0 saturated carbocycles. The van der Waals surface area contributed by atoms with Crippen LogP contribution in [0.15, 0.2) is 24.4 Å². The molecule has 0 aliphatic heterocycles. The molecule has 0 aliphatic carbocycles. The smallest absolute Gasteiger partial charge is 0.150 e. The highest BCUT2D eigenvalue weighted by molar-refractivity contribution is 6.44. The zero-order valence-electron chi connectivity index (χ0n) is 9.22. The van der Waals surface area contributed by atoms with Crippen LogP contribution >= 0.6 is 46.4 Å². The third-order valence-corrected chi connectivity index (χ3v) is 3.69. The second kappa shape index (κ2) is 5.85. The summed E-state index contributed by atoms with van der Waals surface area (Å²) in [5.74, 6) is 0.320. The molecule has 0 atom stereocenters. The number of pyridine rings is 1. The van der Waals surface area contributed by atoms with E-state index in [-0.39, 0.29) is 5.02 Å². The van der Waals surface area contributed by atoms with Crippen LogP contribution in [-0.4, -0.2) is 4.98 Å². The first kappa shape index (κ1) is 14.2. The average Bonchev–Trinajstić information content (AvgIpc) is 2.38. The van der Waals surface area contributed by atoms with Gasteiger partial charge in [0.25, 0.3) is 0 Å². The van der Waals surface area contributed by atoms with E-state index in [1.54, 1.807) is 6.07 Å². The largest absolute Gasteiger partial charge is 0.338 e. The van der Waals surface area contributed by atoms with Crippen LogP contribution in [0.25, 0.3) is 0 Å². The van der Waals surface area contributed by atoms with Gasteiger partial charge in [-0.15, -0.1) is 0 Å². The maximum Gasteiger partial charge on any atom is 0.150 e. The second-order valence-corrected chi connectivity index (χ2v) is 5.10. The Morgan fingerprint density at radius 3 is 2.42 bits per heavy atom. The number of nitrogens with one attached hydrogen (secondary N) is 1. The van der Waals surface area contributed by atoms with E-state index in [2.05, 4.69) is 10.3 Å². The first-order valence-corrected chi connectivity index (χ1v) is 6.50. The minimum absolute atomic E-state index is 0.215. The molecular formula is C12H5Cl4N3. The third kappa shape index (κ3) is 3.05. The molecule has 0 radical (unpaired) electrons. The fourth-order valence-corrected chi connectivity index (χ4v) is 2.16. The molecule has 2 rings (SSSR count). The van der Waals surface area contributed by atoms with Crippen molar-refractivity contribution in [1.29, 1.82) is 5.26 Å². The lowest BCUT2D eigenvalue weighted by Gasteiger charge is -2.10. The predicted octanol–water partition coefficient (Wildman–Crippen LogP) is 5.31. The van der Waals surface area contributed by atoms with E-state index in [1.807, 2.05) is 6.07 Å². The maximum atomic E-state index is 8.89. The Balaban J connectivity index is 2.43. The highest BCUT2D eigenvalue weighted by Gasteiger charge is 2.11. The van der Waals surface area contributed by atoms with E-state index in [1.165, 1.54) is 18.3 Å². The maximum absolute atomic E-state index is 8.89. The minimum Gasteiger partial charge on any atom is -0.338 e. The van der Waals surface area contributed by atoms with Crippen LogP contribution in [0.3, 0.4) is 0 Å². The molecule has 0 unspecified atom stereocenters. The summed E-state index contributed by atoms with van der Waals surface area (Å²) in [6, 6.07) is 6.55. The van der Waals surface area contributed by atoms with Crippen LogP contribution in [0.4, 0.5) is 11.5 Å². The molecule has 0 bridgehead atoms. The van der Waals surface area contributed by atoms with Gasteiger partial charge < -0.3 is 5.32 Å². The zero-order chi connectivity index (χ0) is 14.0. The normalized spacial score (nSPS) is 10.1. The molecule has 0 aliphatic rings. The first-order chi connectivity index (χ1) is 9.02. The molecule has 1 aromatic heterocycles. The van der Waals surface area contributed by atoms with E-state index >= 15 is 0 Å². The molecule has 7 heteroatoms. The monoisotopic (exact) mass is 331 g/mol. The lowest BCUT2D eigenvalue weighted by atomic mass is 10.2. The van der Waals surface area contributed by atoms with Crippen molar-refractivity contribution in [1.82, 2.24) is 4.98 Å². The number of anilines is 2. The van der Waals surface area contributed by atoms with Gasteiger partial charge in [0.15, 0.2) is 5.82 Å². The highest BCUT2D eigenvalue weighted by atomic mass is 35.5. The molecule has 96 valence electrons. The lowest BCUT2D eigenvalue weighted by molar-refractivity contribution is 1.29. The molecule has 1 N–H and O–H groups in total. The van der Waals surface area contributed by atoms with E-state index in [0.717, 1.165) is 0 Å². The summed E-state index contributed by atoms with van der Waals surface area (Å²) in [4.78, 5) is 4.05. The van der Waals surface area contributed by atoms with Gasteiger partial charge in [-0.3, -0.25) is 0 Å². The number of hydrogen-bond donors (Lipinski definition) is 1. The van der Waals surface area contributed by atoms with Crippen molar-refractivity contribution >= 4 is 57.9 Å². The Morgan fingerprint density at radius 2 is 1.74 bits per heavy atom. The standard InChI is InChI=1S/C12H5Cl4N3/c13-7-3-9(15)10(4-8(7)14)19-12-11(16)6(5-17)1-2-18-12/h1-4H,(H,18,19). The molecular weight excluding hydrogens is 328 g/mol. The van der Waals surface area contributed by atoms with Gasteiger partial charge in [0.2, 0.25) is 0 Å². The summed E-state index contributed by atoms with van der Waals surface area (Å²) in [5, 5.41) is 13.1. The summed E-state index contributed by atoms with van der Waals surface area (Å²) in [7, 11) is 0. The fourth-order valence-electron chi connectivity index (χ4n) is 1.36. The number of halogens is 4. The molecule has 19 heavy (non-hydrogen) atoms. The van der Waals surface area contributed by atoms with Gasteiger partial charge in [-0.1, -0.05) is 46.4 Å². The van der Waals surface area contributed by atoms with Crippen LogP contribution < -0.4 is 5.32 Å². The highest BCUT2D eigenvalue weighted by Crippen LogP contribution is 2.35. The Labute approximate surface area is 129 Å². The molecule has 0 spiro atoms. The number of rotatable bonds is 2. The summed E-state index contributed by atoms with van der Waals surface area (Å²) in [6.07, 6.45) is 1.47. The van der Waals surface area contributed by atoms with Gasteiger partial charge in [0.1, 0.15) is 11.1 Å². The quantitative estimate of drug-likeness (QED) is 0.758. The number of nitrogens with zero attached hydrogens (tertiary/aromatic N) is 2. The van der Waals surface area contributed by atoms with Crippen LogP contribution in [0.1, 0.15) is 5.56 Å². The molecule has 0 amide bonds. The van der Waals surface area contributed by atoms with Crippen molar-refractivity contribution in [3.05, 3.63) is 50.0 Å². The van der Waals surface area contributed by atoms with Gasteiger partial charge in [0, 0.05) is 6.20 Å². The van der Waals surface area contributed by atoms with Crippen molar-refractivity contribution in [3.8, 4) is 6.07 Å². The summed E-state index contributed by atoms with van der Waals surface area (Å²) >= 11 is 23.8. The third-order valence-electron chi connectivity index (χ3n) is 2.27.